The molecule has 2 aliphatic rings. The van der Waals surface area contributed by atoms with E-state index in [0.29, 0.717) is 30.8 Å². The number of benzene rings is 1. The van der Waals surface area contributed by atoms with E-state index in [1.807, 2.05) is 24.0 Å². The molecule has 0 aliphatic carbocycles. The zero-order valence-corrected chi connectivity index (χ0v) is 16.6. The summed E-state index contributed by atoms with van der Waals surface area (Å²) >= 11 is 0. The van der Waals surface area contributed by atoms with Crippen molar-refractivity contribution in [2.45, 2.75) is 50.6 Å². The van der Waals surface area contributed by atoms with Gasteiger partial charge in [-0.1, -0.05) is 17.7 Å². The number of piperazine rings is 1. The Labute approximate surface area is 156 Å². The Morgan fingerprint density at radius 1 is 1.08 bits per heavy atom. The summed E-state index contributed by atoms with van der Waals surface area (Å²) in [4.78, 5) is 15.2. The lowest BCUT2D eigenvalue weighted by atomic mass is 9.94. The van der Waals surface area contributed by atoms with E-state index in [2.05, 4.69) is 19.2 Å². The maximum atomic E-state index is 12.9. The number of nitrogens with one attached hydrogen (secondary N) is 1. The number of rotatable bonds is 3. The third kappa shape index (κ3) is 3.80. The first-order valence-electron chi connectivity index (χ1n) is 9.41. The third-order valence-corrected chi connectivity index (χ3v) is 7.69. The lowest BCUT2D eigenvalue weighted by molar-refractivity contribution is -0.140. The Hall–Kier alpha value is -1.44. The highest BCUT2D eigenvalue weighted by molar-refractivity contribution is 7.89. The number of carbonyl (C=O) groups is 1. The fourth-order valence-corrected chi connectivity index (χ4v) is 5.27. The Kier molecular flexibility index (Phi) is 5.69. The minimum absolute atomic E-state index is 0.0767. The van der Waals surface area contributed by atoms with Gasteiger partial charge in [0.15, 0.2) is 0 Å². The molecule has 0 spiro atoms. The standard InChI is InChI=1S/C19H29N3O3S/c1-14-4-6-18(7-5-14)26(24,25)21-11-8-17(9-12-21)19(23)22-13-10-20-15(2)16(22)3/h4-7,15-17,20H,8-13H2,1-3H3. The monoisotopic (exact) mass is 379 g/mol. The Morgan fingerprint density at radius 2 is 1.69 bits per heavy atom. The van der Waals surface area contributed by atoms with Gasteiger partial charge in [0.05, 0.1) is 4.90 Å². The van der Waals surface area contributed by atoms with Crippen molar-refractivity contribution in [1.82, 2.24) is 14.5 Å². The summed E-state index contributed by atoms with van der Waals surface area (Å²) in [6, 6.07) is 7.41. The SMILES string of the molecule is Cc1ccc(S(=O)(=O)N2CCC(C(=O)N3CCNC(C)C3C)CC2)cc1. The number of amides is 1. The molecule has 0 bridgehead atoms. The largest absolute Gasteiger partial charge is 0.337 e. The summed E-state index contributed by atoms with van der Waals surface area (Å²) in [6.45, 7) is 8.47. The molecule has 1 aromatic carbocycles. The molecule has 144 valence electrons. The van der Waals surface area contributed by atoms with E-state index >= 15 is 0 Å². The van der Waals surface area contributed by atoms with Crippen LogP contribution in [0.5, 0.6) is 0 Å². The van der Waals surface area contributed by atoms with Crippen LogP contribution in [0, 0.1) is 12.8 Å². The molecule has 1 amide bonds. The zero-order valence-electron chi connectivity index (χ0n) is 15.8. The maximum absolute atomic E-state index is 12.9. The van der Waals surface area contributed by atoms with Gasteiger partial charge in [-0.15, -0.1) is 0 Å². The van der Waals surface area contributed by atoms with Crippen LogP contribution in [-0.4, -0.2) is 61.8 Å². The lowest BCUT2D eigenvalue weighted by Crippen LogP contribution is -2.59. The fraction of sp³-hybridized carbons (Fsp3) is 0.632. The van der Waals surface area contributed by atoms with Gasteiger partial charge in [-0.2, -0.15) is 4.31 Å². The van der Waals surface area contributed by atoms with Crippen molar-refractivity contribution in [3.05, 3.63) is 29.8 Å². The number of hydrogen-bond acceptors (Lipinski definition) is 4. The van der Waals surface area contributed by atoms with E-state index in [4.69, 9.17) is 0 Å². The summed E-state index contributed by atoms with van der Waals surface area (Å²) < 4.78 is 27.1. The fourth-order valence-electron chi connectivity index (χ4n) is 3.80. The molecule has 0 saturated carbocycles. The van der Waals surface area contributed by atoms with Crippen molar-refractivity contribution in [1.29, 1.82) is 0 Å². The summed E-state index contributed by atoms with van der Waals surface area (Å²) in [5.74, 6) is 0.102. The van der Waals surface area contributed by atoms with Gasteiger partial charge in [0.2, 0.25) is 15.9 Å². The zero-order chi connectivity index (χ0) is 18.9. The van der Waals surface area contributed by atoms with Gasteiger partial charge in [-0.05, 0) is 45.7 Å². The van der Waals surface area contributed by atoms with Crippen molar-refractivity contribution in [2.24, 2.45) is 5.92 Å². The number of aryl methyl sites for hydroxylation is 1. The first-order chi connectivity index (χ1) is 12.3. The summed E-state index contributed by atoms with van der Waals surface area (Å²) in [7, 11) is -3.47. The van der Waals surface area contributed by atoms with Gasteiger partial charge < -0.3 is 10.2 Å². The van der Waals surface area contributed by atoms with Crippen LogP contribution in [0.1, 0.15) is 32.3 Å². The van der Waals surface area contributed by atoms with E-state index < -0.39 is 10.0 Å². The van der Waals surface area contributed by atoms with Gasteiger partial charge in [0.1, 0.15) is 0 Å². The van der Waals surface area contributed by atoms with Gasteiger partial charge in [-0.25, -0.2) is 8.42 Å². The maximum Gasteiger partial charge on any atom is 0.243 e. The Morgan fingerprint density at radius 3 is 2.31 bits per heavy atom. The highest BCUT2D eigenvalue weighted by Gasteiger charge is 2.36. The van der Waals surface area contributed by atoms with Crippen molar-refractivity contribution < 1.29 is 13.2 Å². The van der Waals surface area contributed by atoms with Crippen LogP contribution in [0.3, 0.4) is 0 Å². The molecular weight excluding hydrogens is 350 g/mol. The van der Waals surface area contributed by atoms with Crippen LogP contribution >= 0.6 is 0 Å². The molecule has 2 saturated heterocycles. The van der Waals surface area contributed by atoms with Crippen molar-refractivity contribution in [3.63, 3.8) is 0 Å². The molecule has 3 rings (SSSR count). The summed E-state index contributed by atoms with van der Waals surface area (Å²) in [6.07, 6.45) is 1.18. The van der Waals surface area contributed by atoms with E-state index in [0.717, 1.165) is 18.7 Å². The van der Waals surface area contributed by atoms with E-state index in [-0.39, 0.29) is 23.9 Å². The van der Waals surface area contributed by atoms with Crippen LogP contribution in [0.4, 0.5) is 0 Å². The second-order valence-electron chi connectivity index (χ2n) is 7.51. The smallest absolute Gasteiger partial charge is 0.243 e. The van der Waals surface area contributed by atoms with Crippen LogP contribution in [-0.2, 0) is 14.8 Å². The Bertz CT molecular complexity index is 740. The molecular formula is C19H29N3O3S. The predicted molar refractivity (Wildman–Crippen MR) is 101 cm³/mol. The molecule has 1 N–H and O–H groups in total. The first kappa shape index (κ1) is 19.3. The van der Waals surface area contributed by atoms with Crippen molar-refractivity contribution in [2.75, 3.05) is 26.2 Å². The number of sulfonamides is 1. The normalized spacial score (nSPS) is 26.0. The molecule has 2 atom stereocenters. The Balaban J connectivity index is 1.63. The summed E-state index contributed by atoms with van der Waals surface area (Å²) in [5, 5.41) is 3.39. The second kappa shape index (κ2) is 7.66. The van der Waals surface area contributed by atoms with E-state index in [1.54, 1.807) is 12.1 Å². The minimum Gasteiger partial charge on any atom is -0.337 e. The van der Waals surface area contributed by atoms with E-state index in [9.17, 15) is 13.2 Å². The van der Waals surface area contributed by atoms with Gasteiger partial charge in [0.25, 0.3) is 0 Å². The molecule has 2 aliphatic heterocycles. The molecule has 6 nitrogen and oxygen atoms in total. The number of nitrogens with zero attached hydrogens (tertiary/aromatic N) is 2. The topological polar surface area (TPSA) is 69.7 Å². The van der Waals surface area contributed by atoms with Crippen LogP contribution in [0.2, 0.25) is 0 Å². The van der Waals surface area contributed by atoms with Crippen LogP contribution < -0.4 is 5.32 Å². The number of piperidine rings is 1. The van der Waals surface area contributed by atoms with Gasteiger partial charge in [-0.3, -0.25) is 4.79 Å². The second-order valence-corrected chi connectivity index (χ2v) is 9.44. The van der Waals surface area contributed by atoms with Gasteiger partial charge >= 0.3 is 0 Å². The molecule has 2 heterocycles. The van der Waals surface area contributed by atoms with Crippen LogP contribution in [0.15, 0.2) is 29.2 Å². The molecule has 7 heteroatoms. The molecule has 26 heavy (non-hydrogen) atoms. The molecule has 2 unspecified atom stereocenters. The van der Waals surface area contributed by atoms with Gasteiger partial charge in [0, 0.05) is 44.2 Å². The lowest BCUT2D eigenvalue weighted by Gasteiger charge is -2.41. The predicted octanol–water partition coefficient (Wildman–Crippen LogP) is 1.60. The minimum atomic E-state index is -3.47. The van der Waals surface area contributed by atoms with Crippen LogP contribution in [0.25, 0.3) is 0 Å². The molecule has 0 aromatic heterocycles. The first-order valence-corrected chi connectivity index (χ1v) is 10.9. The number of carbonyl (C=O) groups excluding carboxylic acids is 1. The molecule has 2 fully saturated rings. The van der Waals surface area contributed by atoms with E-state index in [1.165, 1.54) is 4.31 Å². The third-order valence-electron chi connectivity index (χ3n) is 5.78. The average Bonchev–Trinajstić information content (AvgIpc) is 2.64. The molecule has 1 aromatic rings. The highest BCUT2D eigenvalue weighted by atomic mass is 32.2. The summed E-state index contributed by atoms with van der Waals surface area (Å²) in [5.41, 5.74) is 1.03. The quantitative estimate of drug-likeness (QED) is 0.866. The average molecular weight is 380 g/mol. The highest BCUT2D eigenvalue weighted by Crippen LogP contribution is 2.26. The molecule has 0 radical (unpaired) electrons. The van der Waals surface area contributed by atoms with Crippen molar-refractivity contribution >= 4 is 15.9 Å². The number of hydrogen-bond donors (Lipinski definition) is 1. The van der Waals surface area contributed by atoms with Crippen molar-refractivity contribution in [3.8, 4) is 0 Å².